The van der Waals surface area contributed by atoms with Gasteiger partial charge in [0, 0.05) is 22.8 Å². The summed E-state index contributed by atoms with van der Waals surface area (Å²) in [6, 6.07) is 14.1. The van der Waals surface area contributed by atoms with Gasteiger partial charge in [-0.25, -0.2) is 4.79 Å². The van der Waals surface area contributed by atoms with Crippen LogP contribution in [0.3, 0.4) is 0 Å². The summed E-state index contributed by atoms with van der Waals surface area (Å²) >= 11 is 0. The van der Waals surface area contributed by atoms with E-state index < -0.39 is 0 Å². The van der Waals surface area contributed by atoms with Crippen molar-refractivity contribution < 1.29 is 9.53 Å². The van der Waals surface area contributed by atoms with Crippen LogP contribution in [0.2, 0.25) is 0 Å². The van der Waals surface area contributed by atoms with E-state index in [1.807, 2.05) is 36.5 Å². The maximum absolute atomic E-state index is 12.5. The summed E-state index contributed by atoms with van der Waals surface area (Å²) < 4.78 is 5.27. The van der Waals surface area contributed by atoms with Crippen molar-refractivity contribution in [2.45, 2.75) is 18.8 Å². The van der Waals surface area contributed by atoms with Crippen LogP contribution in [0.15, 0.2) is 61.3 Å². The fourth-order valence-electron chi connectivity index (χ4n) is 3.01. The number of fused-ring (bicyclic) bond motifs is 1. The fraction of sp³-hybridized carbons (Fsp3) is 0.190. The quantitative estimate of drug-likeness (QED) is 0.486. The molecule has 0 atom stereocenters. The highest BCUT2D eigenvalue weighted by atomic mass is 16.5. The number of hydrogen-bond acceptors (Lipinski definition) is 3. The molecule has 3 aromatic rings. The lowest BCUT2D eigenvalue weighted by molar-refractivity contribution is 0.0551. The monoisotopic (exact) mass is 332 g/mol. The van der Waals surface area contributed by atoms with Gasteiger partial charge in [0.2, 0.25) is 0 Å². The second-order valence-electron chi connectivity index (χ2n) is 6.37. The minimum Gasteiger partial charge on any atom is -0.458 e. The van der Waals surface area contributed by atoms with E-state index in [9.17, 15) is 4.79 Å². The molecule has 0 radical (unpaired) electrons. The van der Waals surface area contributed by atoms with Crippen molar-refractivity contribution in [3.63, 3.8) is 0 Å². The zero-order valence-corrected chi connectivity index (χ0v) is 13.9. The SMILES string of the molecule is C=CCOC(=O)c1cc(C2CC2)ccc1Nc1ccc2[nH]ccc2c1. The lowest BCUT2D eigenvalue weighted by atomic mass is 10.0. The summed E-state index contributed by atoms with van der Waals surface area (Å²) in [7, 11) is 0. The number of aromatic nitrogens is 1. The number of anilines is 2. The van der Waals surface area contributed by atoms with Crippen molar-refractivity contribution in [2.24, 2.45) is 0 Å². The van der Waals surface area contributed by atoms with Crippen LogP contribution < -0.4 is 5.32 Å². The molecule has 1 aliphatic carbocycles. The Bertz CT molecular complexity index is 938. The molecule has 0 aliphatic heterocycles. The molecule has 126 valence electrons. The lowest BCUT2D eigenvalue weighted by Crippen LogP contribution is -2.09. The topological polar surface area (TPSA) is 54.1 Å². The van der Waals surface area contributed by atoms with E-state index in [-0.39, 0.29) is 12.6 Å². The Labute approximate surface area is 146 Å². The molecule has 1 heterocycles. The maximum Gasteiger partial charge on any atom is 0.340 e. The Morgan fingerprint density at radius 3 is 2.92 bits per heavy atom. The van der Waals surface area contributed by atoms with Crippen molar-refractivity contribution in [1.82, 2.24) is 4.98 Å². The number of esters is 1. The van der Waals surface area contributed by atoms with Crippen molar-refractivity contribution in [1.29, 1.82) is 0 Å². The summed E-state index contributed by atoms with van der Waals surface area (Å²) in [4.78, 5) is 15.6. The first-order valence-corrected chi connectivity index (χ1v) is 8.51. The first kappa shape index (κ1) is 15.5. The lowest BCUT2D eigenvalue weighted by Gasteiger charge is -2.13. The number of carbonyl (C=O) groups excluding carboxylic acids is 1. The molecule has 1 fully saturated rings. The first-order valence-electron chi connectivity index (χ1n) is 8.51. The van der Waals surface area contributed by atoms with Crippen LogP contribution >= 0.6 is 0 Å². The highest BCUT2D eigenvalue weighted by molar-refractivity contribution is 5.97. The average Bonchev–Trinajstić information content (AvgIpc) is 3.38. The summed E-state index contributed by atoms with van der Waals surface area (Å²) in [5.41, 5.74) is 4.55. The minimum absolute atomic E-state index is 0.210. The molecule has 25 heavy (non-hydrogen) atoms. The molecule has 0 bridgehead atoms. The number of nitrogens with one attached hydrogen (secondary N) is 2. The van der Waals surface area contributed by atoms with E-state index in [0.29, 0.717) is 11.5 Å². The molecule has 1 aromatic heterocycles. The predicted molar refractivity (Wildman–Crippen MR) is 100 cm³/mol. The second kappa shape index (κ2) is 6.48. The van der Waals surface area contributed by atoms with Crippen molar-refractivity contribution in [2.75, 3.05) is 11.9 Å². The largest absolute Gasteiger partial charge is 0.458 e. The van der Waals surface area contributed by atoms with E-state index >= 15 is 0 Å². The first-order chi connectivity index (χ1) is 12.2. The summed E-state index contributed by atoms with van der Waals surface area (Å²) in [5.74, 6) is 0.254. The van der Waals surface area contributed by atoms with Crippen LogP contribution in [0.1, 0.15) is 34.7 Å². The molecular formula is C21H20N2O2. The highest BCUT2D eigenvalue weighted by Crippen LogP contribution is 2.41. The van der Waals surface area contributed by atoms with Gasteiger partial charge in [-0.1, -0.05) is 18.7 Å². The number of rotatable bonds is 6. The van der Waals surface area contributed by atoms with E-state index in [1.165, 1.54) is 18.4 Å². The standard InChI is InChI=1S/C21H20N2O2/c1-2-11-25-21(24)18-13-15(14-3-4-14)5-7-20(18)23-17-6-8-19-16(12-17)9-10-22-19/h2,5-10,12-14,22-23H,1,3-4,11H2. The van der Waals surface area contributed by atoms with E-state index in [2.05, 4.69) is 29.0 Å². The van der Waals surface area contributed by atoms with Gasteiger partial charge < -0.3 is 15.0 Å². The van der Waals surface area contributed by atoms with Crippen molar-refractivity contribution in [3.05, 3.63) is 72.4 Å². The number of ether oxygens (including phenoxy) is 1. The minimum atomic E-state index is -0.326. The van der Waals surface area contributed by atoms with Gasteiger partial charge >= 0.3 is 5.97 Å². The van der Waals surface area contributed by atoms with Crippen LogP contribution in [-0.4, -0.2) is 17.6 Å². The van der Waals surface area contributed by atoms with Crippen LogP contribution in [0, 0.1) is 0 Å². The second-order valence-corrected chi connectivity index (χ2v) is 6.37. The molecular weight excluding hydrogens is 312 g/mol. The third-order valence-corrected chi connectivity index (χ3v) is 4.48. The molecule has 4 rings (SSSR count). The van der Waals surface area contributed by atoms with Crippen molar-refractivity contribution in [3.8, 4) is 0 Å². The van der Waals surface area contributed by atoms with Crippen LogP contribution in [-0.2, 0) is 4.74 Å². The molecule has 1 saturated carbocycles. The van der Waals surface area contributed by atoms with Gasteiger partial charge in [0.15, 0.2) is 0 Å². The zero-order valence-electron chi connectivity index (χ0n) is 13.9. The van der Waals surface area contributed by atoms with E-state index in [4.69, 9.17) is 4.74 Å². The molecule has 4 heteroatoms. The van der Waals surface area contributed by atoms with Crippen molar-refractivity contribution >= 4 is 28.2 Å². The molecule has 0 saturated heterocycles. The maximum atomic E-state index is 12.5. The van der Waals surface area contributed by atoms with Crippen LogP contribution in [0.5, 0.6) is 0 Å². The Hall–Kier alpha value is -3.01. The van der Waals surface area contributed by atoms with E-state index in [1.54, 1.807) is 6.08 Å². The molecule has 0 amide bonds. The fourth-order valence-corrected chi connectivity index (χ4v) is 3.01. The van der Waals surface area contributed by atoms with Crippen LogP contribution in [0.25, 0.3) is 10.9 Å². The Kier molecular flexibility index (Phi) is 4.02. The predicted octanol–water partition coefficient (Wildman–Crippen LogP) is 5.13. The Morgan fingerprint density at radius 1 is 1.24 bits per heavy atom. The molecule has 4 nitrogen and oxygen atoms in total. The summed E-state index contributed by atoms with van der Waals surface area (Å²) in [6.07, 6.45) is 5.88. The number of hydrogen-bond donors (Lipinski definition) is 2. The van der Waals surface area contributed by atoms with Gasteiger partial charge in [-0.05, 0) is 60.7 Å². The molecule has 2 aromatic carbocycles. The zero-order chi connectivity index (χ0) is 17.2. The van der Waals surface area contributed by atoms with Gasteiger partial charge in [-0.3, -0.25) is 0 Å². The number of H-pyrrole nitrogens is 1. The van der Waals surface area contributed by atoms with Gasteiger partial charge in [0.05, 0.1) is 11.3 Å². The summed E-state index contributed by atoms with van der Waals surface area (Å²) in [5, 5.41) is 4.48. The molecule has 2 N–H and O–H groups in total. The molecule has 1 aliphatic rings. The number of carbonyl (C=O) groups is 1. The third kappa shape index (κ3) is 3.29. The van der Waals surface area contributed by atoms with Gasteiger partial charge in [0.1, 0.15) is 6.61 Å². The smallest absolute Gasteiger partial charge is 0.340 e. The van der Waals surface area contributed by atoms with E-state index in [0.717, 1.165) is 22.3 Å². The van der Waals surface area contributed by atoms with Gasteiger partial charge in [-0.2, -0.15) is 0 Å². The normalized spacial score (nSPS) is 13.6. The number of aromatic amines is 1. The third-order valence-electron chi connectivity index (χ3n) is 4.48. The average molecular weight is 332 g/mol. The Morgan fingerprint density at radius 2 is 2.12 bits per heavy atom. The summed E-state index contributed by atoms with van der Waals surface area (Å²) in [6.45, 7) is 3.81. The van der Waals surface area contributed by atoms with Gasteiger partial charge in [-0.15, -0.1) is 0 Å². The Balaban J connectivity index is 1.66. The van der Waals surface area contributed by atoms with Gasteiger partial charge in [0.25, 0.3) is 0 Å². The number of benzene rings is 2. The highest BCUT2D eigenvalue weighted by Gasteiger charge is 2.25. The molecule has 0 unspecified atom stereocenters. The van der Waals surface area contributed by atoms with Crippen LogP contribution in [0.4, 0.5) is 11.4 Å². The molecule has 0 spiro atoms.